The van der Waals surface area contributed by atoms with Gasteiger partial charge in [-0.1, -0.05) is 59.7 Å². The van der Waals surface area contributed by atoms with Crippen LogP contribution in [0.15, 0.2) is 97.1 Å². The Morgan fingerprint density at radius 1 is 0.571 bits per heavy atom. The lowest BCUT2D eigenvalue weighted by Crippen LogP contribution is -2.17. The van der Waals surface area contributed by atoms with Gasteiger partial charge in [0.25, 0.3) is 0 Å². The van der Waals surface area contributed by atoms with Gasteiger partial charge in [-0.05, 0) is 87.4 Å². The van der Waals surface area contributed by atoms with Gasteiger partial charge in [-0.25, -0.2) is 14.4 Å². The van der Waals surface area contributed by atoms with E-state index < -0.39 is 30.5 Å². The van der Waals surface area contributed by atoms with Crippen LogP contribution in [0.2, 0.25) is 0 Å². The van der Waals surface area contributed by atoms with E-state index in [1.54, 1.807) is 86.6 Å². The van der Waals surface area contributed by atoms with Crippen molar-refractivity contribution in [1.29, 1.82) is 0 Å². The fraction of sp³-hybridized carbons (Fsp3) is 0.182. The van der Waals surface area contributed by atoms with Crippen molar-refractivity contribution in [2.75, 3.05) is 10.6 Å². The zero-order chi connectivity index (χ0) is 30.1. The quantitative estimate of drug-likeness (QED) is 0.205. The molecule has 42 heavy (non-hydrogen) atoms. The molecule has 0 aliphatic rings. The Kier molecular flexibility index (Phi) is 9.78. The van der Waals surface area contributed by atoms with E-state index in [1.807, 2.05) is 38.1 Å². The van der Waals surface area contributed by atoms with Crippen LogP contribution in [0.3, 0.4) is 0 Å². The minimum atomic E-state index is -0.871. The number of carbonyl (C=O) groups excluding carboxylic acids is 3. The van der Waals surface area contributed by atoms with Gasteiger partial charge in [0.05, 0.1) is 0 Å². The molecule has 0 aliphatic heterocycles. The lowest BCUT2D eigenvalue weighted by molar-refractivity contribution is 0.00626. The average molecular weight is 569 g/mol. The van der Waals surface area contributed by atoms with Gasteiger partial charge in [-0.15, -0.1) is 0 Å². The summed E-state index contributed by atoms with van der Waals surface area (Å²) in [5, 5.41) is 5.34. The molecular weight excluding hydrogens is 536 g/mol. The van der Waals surface area contributed by atoms with Crippen molar-refractivity contribution >= 4 is 29.7 Å². The number of benzene rings is 4. The predicted octanol–water partition coefficient (Wildman–Crippen LogP) is 8.50. The summed E-state index contributed by atoms with van der Waals surface area (Å²) in [6.07, 6.45) is -3.48. The molecule has 0 heterocycles. The first-order valence-electron chi connectivity index (χ1n) is 13.3. The minimum absolute atomic E-state index is 0.423. The Hall–Kier alpha value is -5.31. The monoisotopic (exact) mass is 568 g/mol. The first-order valence-corrected chi connectivity index (χ1v) is 13.3. The fourth-order valence-corrected chi connectivity index (χ4v) is 3.90. The van der Waals surface area contributed by atoms with E-state index >= 15 is 0 Å². The molecule has 0 saturated heterocycles. The molecule has 0 bridgehead atoms. The zero-order valence-corrected chi connectivity index (χ0v) is 23.8. The maximum Gasteiger partial charge on any atom is 0.509 e. The molecule has 2 atom stereocenters. The van der Waals surface area contributed by atoms with Gasteiger partial charge in [0.2, 0.25) is 0 Å². The number of carbonyl (C=O) groups is 3. The summed E-state index contributed by atoms with van der Waals surface area (Å²) < 4.78 is 21.5. The molecule has 216 valence electrons. The van der Waals surface area contributed by atoms with Crippen molar-refractivity contribution in [3.63, 3.8) is 0 Å². The lowest BCUT2D eigenvalue weighted by atomic mass is 10.1. The van der Waals surface area contributed by atoms with Gasteiger partial charge in [-0.3, -0.25) is 10.6 Å². The van der Waals surface area contributed by atoms with Crippen molar-refractivity contribution in [2.45, 2.75) is 39.9 Å². The highest BCUT2D eigenvalue weighted by molar-refractivity contribution is 5.87. The van der Waals surface area contributed by atoms with Crippen LogP contribution in [0, 0.1) is 13.8 Å². The van der Waals surface area contributed by atoms with Gasteiger partial charge < -0.3 is 18.9 Å². The van der Waals surface area contributed by atoms with Crippen LogP contribution in [0.5, 0.6) is 11.5 Å². The molecule has 9 heteroatoms. The zero-order valence-electron chi connectivity index (χ0n) is 23.8. The predicted molar refractivity (Wildman–Crippen MR) is 159 cm³/mol. The van der Waals surface area contributed by atoms with Crippen LogP contribution in [-0.2, 0) is 9.47 Å². The van der Waals surface area contributed by atoms with Crippen molar-refractivity contribution in [1.82, 2.24) is 0 Å². The van der Waals surface area contributed by atoms with E-state index in [2.05, 4.69) is 10.6 Å². The molecule has 0 aromatic heterocycles. The number of anilines is 2. The molecule has 9 nitrogen and oxygen atoms in total. The molecule has 0 saturated carbocycles. The van der Waals surface area contributed by atoms with Gasteiger partial charge in [0.1, 0.15) is 23.7 Å². The third kappa shape index (κ3) is 8.85. The van der Waals surface area contributed by atoms with Gasteiger partial charge in [0, 0.05) is 11.4 Å². The highest BCUT2D eigenvalue weighted by Gasteiger charge is 2.18. The van der Waals surface area contributed by atoms with Crippen LogP contribution in [0.1, 0.15) is 48.3 Å². The number of aryl methyl sites for hydroxylation is 2. The maximum atomic E-state index is 12.6. The fourth-order valence-electron chi connectivity index (χ4n) is 3.90. The number of hydrogen-bond acceptors (Lipinski definition) is 7. The molecule has 4 aromatic rings. The molecule has 0 spiro atoms. The number of nitrogens with one attached hydrogen (secondary N) is 2. The summed E-state index contributed by atoms with van der Waals surface area (Å²) in [6, 6.07) is 28.0. The second-order valence-corrected chi connectivity index (χ2v) is 9.68. The standard InChI is InChI=1S/C33H32N2O7/c1-21-11-15-29(16-12-21)41-31(36)34-27-9-5-7-25(19-27)23(3)39-33(38)40-24(4)26-8-6-10-28(20-26)35-32(37)42-30-17-13-22(2)14-18-30/h5-20,23-24H,1-4H3,(H,34,36)(H,35,37). The molecule has 0 fully saturated rings. The topological polar surface area (TPSA) is 112 Å². The summed E-state index contributed by atoms with van der Waals surface area (Å²) in [5.41, 5.74) is 4.36. The van der Waals surface area contributed by atoms with Gasteiger partial charge >= 0.3 is 18.3 Å². The Morgan fingerprint density at radius 3 is 1.33 bits per heavy atom. The molecule has 2 unspecified atom stereocenters. The normalized spacial score (nSPS) is 11.9. The minimum Gasteiger partial charge on any atom is -0.426 e. The Morgan fingerprint density at radius 2 is 0.952 bits per heavy atom. The van der Waals surface area contributed by atoms with E-state index in [1.165, 1.54) is 0 Å². The summed E-state index contributed by atoms with van der Waals surface area (Å²) >= 11 is 0. The third-order valence-electron chi connectivity index (χ3n) is 6.21. The smallest absolute Gasteiger partial charge is 0.426 e. The van der Waals surface area contributed by atoms with Crippen LogP contribution < -0.4 is 20.1 Å². The largest absolute Gasteiger partial charge is 0.509 e. The second-order valence-electron chi connectivity index (χ2n) is 9.68. The molecule has 0 radical (unpaired) electrons. The Balaban J connectivity index is 1.28. The molecule has 4 rings (SSSR count). The van der Waals surface area contributed by atoms with Crippen LogP contribution in [0.25, 0.3) is 0 Å². The summed E-state index contributed by atoms with van der Waals surface area (Å²) in [5.74, 6) is 0.845. The summed E-state index contributed by atoms with van der Waals surface area (Å²) in [4.78, 5) is 37.1. The van der Waals surface area contributed by atoms with Crippen molar-refractivity contribution in [3.05, 3.63) is 119 Å². The molecule has 2 amide bonds. The number of rotatable bonds is 8. The Bertz CT molecular complexity index is 1420. The summed E-state index contributed by atoms with van der Waals surface area (Å²) in [6.45, 7) is 7.27. The van der Waals surface area contributed by atoms with Crippen molar-refractivity contribution < 1.29 is 33.3 Å². The Labute approximate surface area is 244 Å². The highest BCUT2D eigenvalue weighted by atomic mass is 16.7. The number of amides is 2. The first-order chi connectivity index (χ1) is 20.1. The van der Waals surface area contributed by atoms with Gasteiger partial charge in [-0.2, -0.15) is 0 Å². The van der Waals surface area contributed by atoms with Crippen molar-refractivity contribution in [2.24, 2.45) is 0 Å². The van der Waals surface area contributed by atoms with Crippen LogP contribution in [0.4, 0.5) is 25.8 Å². The van der Waals surface area contributed by atoms with Crippen LogP contribution >= 0.6 is 0 Å². The number of ether oxygens (including phenoxy) is 4. The molecule has 0 aliphatic carbocycles. The molecular formula is C33H32N2O7. The molecule has 2 N–H and O–H groups in total. The third-order valence-corrected chi connectivity index (χ3v) is 6.21. The van der Waals surface area contributed by atoms with Gasteiger partial charge in [0.15, 0.2) is 0 Å². The molecule has 4 aromatic carbocycles. The van der Waals surface area contributed by atoms with Crippen LogP contribution in [-0.4, -0.2) is 18.3 Å². The maximum absolute atomic E-state index is 12.6. The van der Waals surface area contributed by atoms with E-state index in [-0.39, 0.29) is 0 Å². The van der Waals surface area contributed by atoms with E-state index in [0.717, 1.165) is 11.1 Å². The lowest BCUT2D eigenvalue weighted by Gasteiger charge is -2.18. The first kappa shape index (κ1) is 29.7. The second kappa shape index (κ2) is 13.8. The highest BCUT2D eigenvalue weighted by Crippen LogP contribution is 2.25. The van der Waals surface area contributed by atoms with E-state index in [9.17, 15) is 14.4 Å². The summed E-state index contributed by atoms with van der Waals surface area (Å²) in [7, 11) is 0. The number of hydrogen-bond donors (Lipinski definition) is 2. The van der Waals surface area contributed by atoms with E-state index in [4.69, 9.17) is 18.9 Å². The average Bonchev–Trinajstić information content (AvgIpc) is 2.95. The van der Waals surface area contributed by atoms with Crippen molar-refractivity contribution in [3.8, 4) is 11.5 Å². The van der Waals surface area contributed by atoms with E-state index in [0.29, 0.717) is 34.0 Å². The SMILES string of the molecule is Cc1ccc(OC(=O)Nc2cccc(C(C)OC(=O)OC(C)c3cccc(NC(=O)Oc4ccc(C)cc4)c3)c2)cc1.